The Bertz CT molecular complexity index is 1470. The summed E-state index contributed by atoms with van der Waals surface area (Å²) in [6.07, 6.45) is 0.546. The van der Waals surface area contributed by atoms with Crippen molar-refractivity contribution >= 4 is 61.4 Å². The highest BCUT2D eigenvalue weighted by molar-refractivity contribution is 9.10. The van der Waals surface area contributed by atoms with E-state index in [1.54, 1.807) is 36.3 Å². The van der Waals surface area contributed by atoms with Crippen LogP contribution in [-0.2, 0) is 11.2 Å². The van der Waals surface area contributed by atoms with Crippen molar-refractivity contribution in [3.8, 4) is 5.75 Å². The number of aromatic amines is 1. The van der Waals surface area contributed by atoms with Gasteiger partial charge in [-0.1, -0.05) is 28.1 Å². The highest BCUT2D eigenvalue weighted by Gasteiger charge is 2.51. The van der Waals surface area contributed by atoms with Crippen LogP contribution in [0.25, 0.3) is 10.9 Å². The van der Waals surface area contributed by atoms with E-state index in [4.69, 9.17) is 22.2 Å². The number of amides is 1. The van der Waals surface area contributed by atoms with Crippen molar-refractivity contribution in [2.45, 2.75) is 18.5 Å². The average molecular weight is 549 g/mol. The first-order chi connectivity index (χ1) is 17.0. The Morgan fingerprint density at radius 3 is 2.54 bits per heavy atom. The Hall–Kier alpha value is -3.40. The molecule has 3 heterocycles. The van der Waals surface area contributed by atoms with Crippen LogP contribution in [0.3, 0.4) is 0 Å². The minimum Gasteiger partial charge on any atom is -0.497 e. The maximum Gasteiger partial charge on any atom is 0.256 e. The summed E-state index contributed by atoms with van der Waals surface area (Å²) >= 11 is 9.53. The molecule has 0 radical (unpaired) electrons. The lowest BCUT2D eigenvalue weighted by atomic mass is 9.89. The van der Waals surface area contributed by atoms with Gasteiger partial charge in [-0.05, 0) is 77.9 Å². The number of H-pyrrole nitrogens is 1. The molecular formula is C26H21BrN4O3S. The summed E-state index contributed by atoms with van der Waals surface area (Å²) in [4.78, 5) is 21.1. The first kappa shape index (κ1) is 22.1. The number of methoxy groups -OCH3 is 1. The maximum atomic E-state index is 13.8. The van der Waals surface area contributed by atoms with Crippen molar-refractivity contribution in [3.05, 3.63) is 88.0 Å². The van der Waals surface area contributed by atoms with Crippen LogP contribution in [0.2, 0.25) is 0 Å². The largest absolute Gasteiger partial charge is 0.497 e. The quantitative estimate of drug-likeness (QED) is 0.234. The lowest BCUT2D eigenvalue weighted by Gasteiger charge is -2.37. The molecule has 2 atom stereocenters. The lowest BCUT2D eigenvalue weighted by molar-refractivity contribution is -0.120. The molecule has 35 heavy (non-hydrogen) atoms. The molecule has 2 aliphatic rings. The molecule has 1 saturated heterocycles. The van der Waals surface area contributed by atoms with Crippen molar-refractivity contribution in [1.82, 2.24) is 9.88 Å². The average Bonchev–Trinajstić information content (AvgIpc) is 3.37. The van der Waals surface area contributed by atoms with Gasteiger partial charge in [-0.3, -0.25) is 20.4 Å². The monoisotopic (exact) mass is 548 g/mol. The molecule has 1 fully saturated rings. The first-order valence-corrected chi connectivity index (χ1v) is 12.3. The van der Waals surface area contributed by atoms with Crippen molar-refractivity contribution in [2.75, 3.05) is 17.5 Å². The molecule has 7 nitrogen and oxygen atoms in total. The van der Waals surface area contributed by atoms with Gasteiger partial charge >= 0.3 is 0 Å². The molecule has 0 saturated carbocycles. The number of carbonyl (C=O) groups excluding carboxylic acids is 1. The number of thiocarbonyl (C=S) groups is 1. The van der Waals surface area contributed by atoms with Gasteiger partial charge in [0.1, 0.15) is 11.8 Å². The number of halogens is 1. The molecule has 2 aliphatic heterocycles. The van der Waals surface area contributed by atoms with E-state index < -0.39 is 6.04 Å². The highest BCUT2D eigenvalue weighted by atomic mass is 79.9. The molecule has 0 spiro atoms. The zero-order valence-corrected chi connectivity index (χ0v) is 21.1. The summed E-state index contributed by atoms with van der Waals surface area (Å²) in [5.41, 5.74) is 7.52. The molecule has 6 rings (SSSR count). The van der Waals surface area contributed by atoms with Crippen LogP contribution < -0.4 is 15.1 Å². The molecule has 4 aromatic rings. The van der Waals surface area contributed by atoms with Crippen LogP contribution >= 0.6 is 28.1 Å². The van der Waals surface area contributed by atoms with Crippen LogP contribution in [-0.4, -0.2) is 39.3 Å². The lowest BCUT2D eigenvalue weighted by Crippen LogP contribution is -2.44. The number of aromatic nitrogens is 1. The molecule has 0 bridgehead atoms. The Morgan fingerprint density at radius 1 is 1.11 bits per heavy atom. The molecule has 3 N–H and O–H groups in total. The van der Waals surface area contributed by atoms with E-state index in [2.05, 4.69) is 38.5 Å². The zero-order valence-electron chi connectivity index (χ0n) is 18.7. The van der Waals surface area contributed by atoms with Crippen LogP contribution in [0.5, 0.6) is 5.75 Å². The third-order valence-electron chi connectivity index (χ3n) is 6.79. The molecule has 176 valence electrons. The number of ether oxygens (including phenoxy) is 1. The first-order valence-electron chi connectivity index (χ1n) is 11.1. The summed E-state index contributed by atoms with van der Waals surface area (Å²) in [5, 5.41) is 10.7. The number of fused-ring (bicyclic) bond motifs is 4. The van der Waals surface area contributed by atoms with Crippen LogP contribution in [0.1, 0.15) is 22.9 Å². The van der Waals surface area contributed by atoms with Gasteiger partial charge in [-0.25, -0.2) is 0 Å². The van der Waals surface area contributed by atoms with Gasteiger partial charge in [0.25, 0.3) is 5.91 Å². The standard InChI is InChI=1S/C26H21BrN4O3S/c1-34-18-9-2-14(3-10-18)24-23-20(19-12-15(27)4-11-21(19)28-23)13-22-25(32)30(26(35)31(22)24)17-7-5-16(29-33)6-8-17/h2-12,22,24,28-29,33H,13H2,1H3. The minimum atomic E-state index is -0.435. The van der Waals surface area contributed by atoms with E-state index in [0.29, 0.717) is 22.9 Å². The number of nitrogens with zero attached hydrogens (tertiary/aromatic N) is 2. The normalized spacial score (nSPS) is 19.2. The third kappa shape index (κ3) is 3.42. The maximum absolute atomic E-state index is 13.8. The number of rotatable bonds is 4. The number of anilines is 2. The van der Waals surface area contributed by atoms with Gasteiger partial charge in [-0.2, -0.15) is 0 Å². The van der Waals surface area contributed by atoms with Crippen molar-refractivity contribution in [1.29, 1.82) is 0 Å². The summed E-state index contributed by atoms with van der Waals surface area (Å²) in [6.45, 7) is 0. The number of benzene rings is 3. The molecule has 2 unspecified atom stereocenters. The van der Waals surface area contributed by atoms with Crippen molar-refractivity contribution in [2.24, 2.45) is 0 Å². The van der Waals surface area contributed by atoms with Crippen LogP contribution in [0, 0.1) is 0 Å². The summed E-state index contributed by atoms with van der Waals surface area (Å²) in [7, 11) is 1.64. The van der Waals surface area contributed by atoms with Gasteiger partial charge in [0.2, 0.25) is 0 Å². The molecular weight excluding hydrogens is 528 g/mol. The van der Waals surface area contributed by atoms with E-state index in [9.17, 15) is 4.79 Å². The van der Waals surface area contributed by atoms with E-state index in [1.807, 2.05) is 35.2 Å². The second kappa shape index (κ2) is 8.37. The Kier molecular flexibility index (Phi) is 5.28. The van der Waals surface area contributed by atoms with E-state index >= 15 is 0 Å². The smallest absolute Gasteiger partial charge is 0.256 e. The molecule has 3 aromatic carbocycles. The van der Waals surface area contributed by atoms with E-state index in [0.717, 1.165) is 37.9 Å². The van der Waals surface area contributed by atoms with Crippen LogP contribution in [0.4, 0.5) is 11.4 Å². The fourth-order valence-corrected chi connectivity index (χ4v) is 5.94. The Morgan fingerprint density at radius 2 is 1.86 bits per heavy atom. The van der Waals surface area contributed by atoms with Gasteiger partial charge in [0.15, 0.2) is 5.11 Å². The van der Waals surface area contributed by atoms with Gasteiger partial charge in [0.05, 0.1) is 24.5 Å². The predicted molar refractivity (Wildman–Crippen MR) is 142 cm³/mol. The molecule has 0 aliphatic carbocycles. The fourth-order valence-electron chi connectivity index (χ4n) is 5.15. The molecule has 1 aromatic heterocycles. The zero-order chi connectivity index (χ0) is 24.3. The fraction of sp³-hybridized carbons (Fsp3) is 0.154. The number of hydrogen-bond donors (Lipinski definition) is 3. The predicted octanol–water partition coefficient (Wildman–Crippen LogP) is 5.39. The van der Waals surface area contributed by atoms with E-state index in [-0.39, 0.29) is 11.9 Å². The van der Waals surface area contributed by atoms with Gasteiger partial charge in [0, 0.05) is 27.5 Å². The second-order valence-corrected chi connectivity index (χ2v) is 9.91. The van der Waals surface area contributed by atoms with Gasteiger partial charge in [-0.15, -0.1) is 0 Å². The minimum absolute atomic E-state index is 0.0618. The summed E-state index contributed by atoms with van der Waals surface area (Å²) in [5.74, 6) is 0.703. The molecule has 1 amide bonds. The highest BCUT2D eigenvalue weighted by Crippen LogP contribution is 2.45. The summed E-state index contributed by atoms with van der Waals surface area (Å²) < 4.78 is 6.36. The second-order valence-electron chi connectivity index (χ2n) is 8.62. The Balaban J connectivity index is 1.51. The molecule has 9 heteroatoms. The third-order valence-corrected chi connectivity index (χ3v) is 7.68. The van der Waals surface area contributed by atoms with E-state index in [1.165, 1.54) is 0 Å². The number of nitrogens with one attached hydrogen (secondary N) is 2. The van der Waals surface area contributed by atoms with Crippen molar-refractivity contribution in [3.63, 3.8) is 0 Å². The van der Waals surface area contributed by atoms with Crippen molar-refractivity contribution < 1.29 is 14.7 Å². The Labute approximate surface area is 215 Å². The number of carbonyl (C=O) groups is 1. The topological polar surface area (TPSA) is 80.8 Å². The number of hydrogen-bond acceptors (Lipinski definition) is 5. The van der Waals surface area contributed by atoms with Crippen LogP contribution in [0.15, 0.2) is 71.2 Å². The SMILES string of the molecule is COc1ccc(C2c3[nH]c4ccc(Br)cc4c3CC3C(=O)N(c4ccc(NO)cc4)C(=S)N32)cc1. The van der Waals surface area contributed by atoms with Gasteiger partial charge < -0.3 is 14.6 Å². The summed E-state index contributed by atoms with van der Waals surface area (Å²) in [6, 6.07) is 20.3.